The van der Waals surface area contributed by atoms with Crippen molar-refractivity contribution in [2.24, 2.45) is 5.73 Å². The van der Waals surface area contributed by atoms with Crippen LogP contribution in [0.25, 0.3) is 0 Å². The van der Waals surface area contributed by atoms with Crippen molar-refractivity contribution < 1.29 is 22.7 Å². The molecule has 0 aliphatic carbocycles. The summed E-state index contributed by atoms with van der Waals surface area (Å²) in [6, 6.07) is 5.01. The first-order chi connectivity index (χ1) is 10.8. The van der Waals surface area contributed by atoms with Gasteiger partial charge in [0.2, 0.25) is 15.9 Å². The van der Waals surface area contributed by atoms with Crippen molar-refractivity contribution in [2.75, 3.05) is 19.0 Å². The molecule has 0 aliphatic rings. The van der Waals surface area contributed by atoms with Crippen LogP contribution in [-0.4, -0.2) is 40.0 Å². The molecule has 4 N–H and O–H groups in total. The third-order valence-electron chi connectivity index (χ3n) is 2.98. The van der Waals surface area contributed by atoms with Gasteiger partial charge in [-0.1, -0.05) is 19.4 Å². The molecule has 0 saturated carbocycles. The van der Waals surface area contributed by atoms with Crippen LogP contribution in [0, 0.1) is 0 Å². The number of anilines is 1. The maximum Gasteiger partial charge on any atom is 0.320 e. The van der Waals surface area contributed by atoms with Gasteiger partial charge in [-0.15, -0.1) is 12.4 Å². The van der Waals surface area contributed by atoms with Gasteiger partial charge in [-0.05, 0) is 24.6 Å². The molecule has 24 heavy (non-hydrogen) atoms. The number of sulfonamides is 1. The Hall–Kier alpha value is -1.68. The number of nitrogens with two attached hydrogens (primary N) is 1. The van der Waals surface area contributed by atoms with Crippen LogP contribution in [0.2, 0.25) is 0 Å². The Morgan fingerprint density at radius 2 is 2.00 bits per heavy atom. The minimum absolute atomic E-state index is 0. The summed E-state index contributed by atoms with van der Waals surface area (Å²) in [5.41, 5.74) is 6.01. The van der Waals surface area contributed by atoms with E-state index < -0.39 is 28.6 Å². The second kappa shape index (κ2) is 10.2. The van der Waals surface area contributed by atoms with Crippen molar-refractivity contribution in [3.8, 4) is 0 Å². The summed E-state index contributed by atoms with van der Waals surface area (Å²) >= 11 is 0. The first-order valence-electron chi connectivity index (χ1n) is 7.03. The van der Waals surface area contributed by atoms with E-state index in [1.165, 1.54) is 18.2 Å². The number of halogens is 1. The van der Waals surface area contributed by atoms with E-state index in [-0.39, 0.29) is 23.2 Å². The van der Waals surface area contributed by atoms with Crippen LogP contribution >= 0.6 is 12.4 Å². The van der Waals surface area contributed by atoms with Gasteiger partial charge in [0.1, 0.15) is 6.54 Å². The van der Waals surface area contributed by atoms with Crippen molar-refractivity contribution in [3.05, 3.63) is 24.3 Å². The Bertz CT molecular complexity index is 666. The lowest BCUT2D eigenvalue weighted by atomic mass is 10.1. The smallest absolute Gasteiger partial charge is 0.320 e. The predicted molar refractivity (Wildman–Crippen MR) is 92.4 cm³/mol. The zero-order valence-corrected chi connectivity index (χ0v) is 15.1. The normalized spacial score (nSPS) is 12.0. The second-order valence-electron chi connectivity index (χ2n) is 4.81. The van der Waals surface area contributed by atoms with Crippen LogP contribution < -0.4 is 15.8 Å². The molecule has 0 saturated heterocycles. The van der Waals surface area contributed by atoms with E-state index >= 15 is 0 Å². The Kier molecular flexibility index (Phi) is 9.52. The van der Waals surface area contributed by atoms with Gasteiger partial charge in [0.05, 0.1) is 18.0 Å². The number of carbonyl (C=O) groups excluding carboxylic acids is 2. The molecule has 0 spiro atoms. The zero-order valence-electron chi connectivity index (χ0n) is 13.4. The molecule has 0 radical (unpaired) electrons. The average Bonchev–Trinajstić information content (AvgIpc) is 2.53. The molecular formula is C14H22ClN3O5S. The monoisotopic (exact) mass is 379 g/mol. The summed E-state index contributed by atoms with van der Waals surface area (Å²) in [4.78, 5) is 22.8. The maximum absolute atomic E-state index is 12.1. The summed E-state index contributed by atoms with van der Waals surface area (Å²) in [5, 5.41) is 2.57. The number of benzene rings is 1. The number of rotatable bonds is 8. The maximum atomic E-state index is 12.1. The molecule has 8 nitrogen and oxygen atoms in total. The lowest BCUT2D eigenvalue weighted by molar-refractivity contribution is -0.139. The summed E-state index contributed by atoms with van der Waals surface area (Å²) < 4.78 is 30.6. The van der Waals surface area contributed by atoms with Crippen molar-refractivity contribution in [1.29, 1.82) is 0 Å². The molecule has 1 aromatic rings. The van der Waals surface area contributed by atoms with Gasteiger partial charge < -0.3 is 15.8 Å². The molecule has 1 aromatic carbocycles. The first-order valence-corrected chi connectivity index (χ1v) is 8.51. The van der Waals surface area contributed by atoms with Crippen LogP contribution in [0.4, 0.5) is 5.69 Å². The summed E-state index contributed by atoms with van der Waals surface area (Å²) in [6.45, 7) is 1.43. The third kappa shape index (κ3) is 6.83. The number of hydrogen-bond donors (Lipinski definition) is 3. The van der Waals surface area contributed by atoms with Crippen LogP contribution in [0.5, 0.6) is 0 Å². The van der Waals surface area contributed by atoms with E-state index in [0.29, 0.717) is 12.1 Å². The quantitative estimate of drug-likeness (QED) is 0.568. The molecule has 0 bridgehead atoms. The van der Waals surface area contributed by atoms with Gasteiger partial charge in [-0.2, -0.15) is 4.72 Å². The van der Waals surface area contributed by atoms with Gasteiger partial charge in [0, 0.05) is 5.69 Å². The van der Waals surface area contributed by atoms with Crippen molar-refractivity contribution in [2.45, 2.75) is 30.7 Å². The highest BCUT2D eigenvalue weighted by Gasteiger charge is 2.17. The standard InChI is InChI=1S/C14H21N3O5S.ClH/c1-3-5-12(15)14(19)17-10-6-4-7-11(8-10)23(20,21)16-9-13(18)22-2;/h4,6-8,12,16H,3,5,9,15H2,1-2H3,(H,17,19);1H. The van der Waals surface area contributed by atoms with Gasteiger partial charge >= 0.3 is 5.97 Å². The highest BCUT2D eigenvalue weighted by Crippen LogP contribution is 2.15. The number of amides is 1. The van der Waals surface area contributed by atoms with Crippen molar-refractivity contribution >= 4 is 40.0 Å². The zero-order chi connectivity index (χ0) is 17.5. The number of methoxy groups -OCH3 is 1. The van der Waals surface area contributed by atoms with Crippen LogP contribution in [0.15, 0.2) is 29.2 Å². The molecule has 0 fully saturated rings. The second-order valence-corrected chi connectivity index (χ2v) is 6.58. The molecule has 0 aromatic heterocycles. The number of esters is 1. The molecule has 1 amide bonds. The fourth-order valence-electron chi connectivity index (χ4n) is 1.73. The Labute approximate surface area is 147 Å². The lowest BCUT2D eigenvalue weighted by Gasteiger charge is -2.12. The third-order valence-corrected chi connectivity index (χ3v) is 4.38. The summed E-state index contributed by atoms with van der Waals surface area (Å²) in [6.07, 6.45) is 1.30. The minimum atomic E-state index is -3.89. The minimum Gasteiger partial charge on any atom is -0.468 e. The van der Waals surface area contributed by atoms with E-state index in [9.17, 15) is 18.0 Å². The molecule has 1 unspecified atom stereocenters. The number of nitrogens with one attached hydrogen (secondary N) is 2. The predicted octanol–water partition coefficient (Wildman–Crippen LogP) is 0.626. The molecule has 0 heterocycles. The van der Waals surface area contributed by atoms with Crippen molar-refractivity contribution in [3.63, 3.8) is 0 Å². The first kappa shape index (κ1) is 22.3. The number of carbonyl (C=O) groups is 2. The highest BCUT2D eigenvalue weighted by atomic mass is 35.5. The largest absolute Gasteiger partial charge is 0.468 e. The lowest BCUT2D eigenvalue weighted by Crippen LogP contribution is -2.35. The Balaban J connectivity index is 0.00000529. The van der Waals surface area contributed by atoms with E-state index in [2.05, 4.69) is 14.8 Å². The van der Waals surface area contributed by atoms with Crippen molar-refractivity contribution in [1.82, 2.24) is 4.72 Å². The average molecular weight is 380 g/mol. The van der Waals surface area contributed by atoms with Gasteiger partial charge in [-0.25, -0.2) is 8.42 Å². The molecule has 1 atom stereocenters. The molecule has 1 rings (SSSR count). The van der Waals surface area contributed by atoms with E-state index in [1.807, 2.05) is 6.92 Å². The summed E-state index contributed by atoms with van der Waals surface area (Å²) in [7, 11) is -2.73. The molecule has 10 heteroatoms. The number of ether oxygens (including phenoxy) is 1. The molecule has 0 aliphatic heterocycles. The Morgan fingerprint density at radius 3 is 2.58 bits per heavy atom. The van der Waals surface area contributed by atoms with Crippen LogP contribution in [-0.2, 0) is 24.3 Å². The molecular weight excluding hydrogens is 358 g/mol. The van der Waals surface area contributed by atoms with Crippen LogP contribution in [0.1, 0.15) is 19.8 Å². The van der Waals surface area contributed by atoms with E-state index in [4.69, 9.17) is 5.73 Å². The van der Waals surface area contributed by atoms with Gasteiger partial charge in [-0.3, -0.25) is 9.59 Å². The SMILES string of the molecule is CCCC(N)C(=O)Nc1cccc(S(=O)(=O)NCC(=O)OC)c1.Cl. The van der Waals surface area contributed by atoms with E-state index in [1.54, 1.807) is 6.07 Å². The van der Waals surface area contributed by atoms with Gasteiger partial charge in [0.25, 0.3) is 0 Å². The van der Waals surface area contributed by atoms with E-state index in [0.717, 1.165) is 13.5 Å². The molecule has 136 valence electrons. The highest BCUT2D eigenvalue weighted by molar-refractivity contribution is 7.89. The van der Waals surface area contributed by atoms with Crippen LogP contribution in [0.3, 0.4) is 0 Å². The fourth-order valence-corrected chi connectivity index (χ4v) is 2.74. The fraction of sp³-hybridized carbons (Fsp3) is 0.429. The summed E-state index contributed by atoms with van der Waals surface area (Å²) in [5.74, 6) is -1.09. The Morgan fingerprint density at radius 1 is 1.33 bits per heavy atom. The van der Waals surface area contributed by atoms with Gasteiger partial charge in [0.15, 0.2) is 0 Å². The number of hydrogen-bond acceptors (Lipinski definition) is 6. The topological polar surface area (TPSA) is 128 Å².